The second-order valence-electron chi connectivity index (χ2n) is 3.43. The summed E-state index contributed by atoms with van der Waals surface area (Å²) in [6.07, 6.45) is 2.25. The van der Waals surface area contributed by atoms with Gasteiger partial charge in [0.1, 0.15) is 17.0 Å². The molecule has 2 aromatic rings. The predicted molar refractivity (Wildman–Crippen MR) is 67.9 cm³/mol. The maximum Gasteiger partial charge on any atom is 0.293 e. The summed E-state index contributed by atoms with van der Waals surface area (Å²) in [6.45, 7) is 0.416. The molecule has 0 bridgehead atoms. The zero-order valence-electron chi connectivity index (χ0n) is 9.20. The molecule has 7 heteroatoms. The second-order valence-corrected chi connectivity index (χ2v) is 4.41. The number of thiazole rings is 1. The van der Waals surface area contributed by atoms with Gasteiger partial charge in [-0.2, -0.15) is 0 Å². The standard InChI is InChI=1S/C11H9N3O3S/c15-7-8-1-2-9(10(5-8)14(16)17)13-6-11-12-3-4-18-11/h1-5,7,13H,6H2. The van der Waals surface area contributed by atoms with Crippen molar-refractivity contribution in [2.24, 2.45) is 0 Å². The topological polar surface area (TPSA) is 85.1 Å². The molecule has 1 aromatic carbocycles. The number of aromatic nitrogens is 1. The van der Waals surface area contributed by atoms with Crippen molar-refractivity contribution in [2.75, 3.05) is 5.32 Å². The van der Waals surface area contributed by atoms with Crippen LogP contribution in [0.15, 0.2) is 29.8 Å². The van der Waals surface area contributed by atoms with Crippen LogP contribution < -0.4 is 5.32 Å². The zero-order valence-corrected chi connectivity index (χ0v) is 10.0. The molecule has 0 atom stereocenters. The molecule has 0 spiro atoms. The normalized spacial score (nSPS) is 10.0. The summed E-state index contributed by atoms with van der Waals surface area (Å²) >= 11 is 1.46. The third kappa shape index (κ3) is 2.69. The van der Waals surface area contributed by atoms with E-state index in [1.807, 2.05) is 5.38 Å². The van der Waals surface area contributed by atoms with Gasteiger partial charge in [0, 0.05) is 23.2 Å². The molecule has 2 rings (SSSR count). The second kappa shape index (κ2) is 5.37. The van der Waals surface area contributed by atoms with Gasteiger partial charge in [0.15, 0.2) is 0 Å². The average Bonchev–Trinajstić information content (AvgIpc) is 2.89. The van der Waals surface area contributed by atoms with Crippen LogP contribution in [0.5, 0.6) is 0 Å². The van der Waals surface area contributed by atoms with Crippen molar-refractivity contribution < 1.29 is 9.72 Å². The smallest absolute Gasteiger partial charge is 0.293 e. The Bertz CT molecular complexity index is 569. The van der Waals surface area contributed by atoms with Crippen LogP contribution in [0.3, 0.4) is 0 Å². The zero-order chi connectivity index (χ0) is 13.0. The summed E-state index contributed by atoms with van der Waals surface area (Å²) in [4.78, 5) is 25.0. The summed E-state index contributed by atoms with van der Waals surface area (Å²) in [5, 5.41) is 16.5. The molecule has 0 amide bonds. The quantitative estimate of drug-likeness (QED) is 0.509. The number of carbonyl (C=O) groups excluding carboxylic acids is 1. The molecular formula is C11H9N3O3S. The van der Waals surface area contributed by atoms with E-state index in [1.165, 1.54) is 29.5 Å². The third-order valence-corrected chi connectivity index (χ3v) is 3.05. The van der Waals surface area contributed by atoms with E-state index in [-0.39, 0.29) is 11.3 Å². The number of benzene rings is 1. The number of carbonyl (C=O) groups is 1. The molecule has 1 heterocycles. The maximum atomic E-state index is 10.9. The summed E-state index contributed by atoms with van der Waals surface area (Å²) < 4.78 is 0. The van der Waals surface area contributed by atoms with E-state index in [9.17, 15) is 14.9 Å². The molecule has 18 heavy (non-hydrogen) atoms. The van der Waals surface area contributed by atoms with Gasteiger partial charge in [-0.3, -0.25) is 14.9 Å². The average molecular weight is 263 g/mol. The van der Waals surface area contributed by atoms with E-state index in [0.29, 0.717) is 18.5 Å². The van der Waals surface area contributed by atoms with Crippen LogP contribution in [-0.2, 0) is 6.54 Å². The van der Waals surface area contributed by atoms with Gasteiger partial charge in [0.05, 0.1) is 11.5 Å². The Hall–Kier alpha value is -2.28. The van der Waals surface area contributed by atoms with Gasteiger partial charge in [-0.05, 0) is 12.1 Å². The third-order valence-electron chi connectivity index (χ3n) is 2.27. The Labute approximate surface area is 106 Å². The number of rotatable bonds is 5. The highest BCUT2D eigenvalue weighted by molar-refractivity contribution is 7.09. The molecule has 0 fully saturated rings. The Morgan fingerprint density at radius 3 is 2.94 bits per heavy atom. The first-order valence-electron chi connectivity index (χ1n) is 5.06. The van der Waals surface area contributed by atoms with Gasteiger partial charge in [-0.1, -0.05) is 0 Å². The minimum absolute atomic E-state index is 0.115. The Kier molecular flexibility index (Phi) is 3.63. The maximum absolute atomic E-state index is 10.9. The van der Waals surface area contributed by atoms with Crippen LogP contribution in [0.4, 0.5) is 11.4 Å². The lowest BCUT2D eigenvalue weighted by atomic mass is 10.2. The van der Waals surface area contributed by atoms with Gasteiger partial charge in [-0.25, -0.2) is 4.98 Å². The van der Waals surface area contributed by atoms with Crippen LogP contribution in [-0.4, -0.2) is 16.2 Å². The first kappa shape index (κ1) is 12.2. The Balaban J connectivity index is 2.21. The van der Waals surface area contributed by atoms with Crippen LogP contribution in [0.2, 0.25) is 0 Å². The number of nitrogens with zero attached hydrogens (tertiary/aromatic N) is 2. The highest BCUT2D eigenvalue weighted by atomic mass is 32.1. The van der Waals surface area contributed by atoms with Crippen LogP contribution in [0, 0.1) is 10.1 Å². The van der Waals surface area contributed by atoms with Crippen molar-refractivity contribution >= 4 is 29.0 Å². The van der Waals surface area contributed by atoms with Crippen molar-refractivity contribution in [3.05, 3.63) is 50.5 Å². The van der Waals surface area contributed by atoms with Gasteiger partial charge in [0.2, 0.25) is 0 Å². The summed E-state index contributed by atoms with van der Waals surface area (Å²) in [6, 6.07) is 4.30. The molecule has 1 aromatic heterocycles. The van der Waals surface area contributed by atoms with E-state index in [0.717, 1.165) is 5.01 Å². The monoisotopic (exact) mass is 263 g/mol. The Morgan fingerprint density at radius 2 is 2.33 bits per heavy atom. The molecule has 0 aliphatic carbocycles. The molecule has 0 aliphatic heterocycles. The molecule has 0 unspecified atom stereocenters. The van der Waals surface area contributed by atoms with Crippen LogP contribution in [0.25, 0.3) is 0 Å². The minimum Gasteiger partial charge on any atom is -0.373 e. The molecule has 1 N–H and O–H groups in total. The van der Waals surface area contributed by atoms with Crippen LogP contribution in [0.1, 0.15) is 15.4 Å². The number of nitro benzene ring substituents is 1. The number of hydrogen-bond acceptors (Lipinski definition) is 6. The van der Waals surface area contributed by atoms with E-state index < -0.39 is 4.92 Å². The van der Waals surface area contributed by atoms with Crippen LogP contribution >= 0.6 is 11.3 Å². The molecule has 0 aliphatic rings. The van der Waals surface area contributed by atoms with Crippen molar-refractivity contribution in [1.82, 2.24) is 4.98 Å². The van der Waals surface area contributed by atoms with Crippen molar-refractivity contribution in [2.45, 2.75) is 6.54 Å². The number of nitro groups is 1. The lowest BCUT2D eigenvalue weighted by Crippen LogP contribution is -2.02. The van der Waals surface area contributed by atoms with E-state index in [4.69, 9.17) is 0 Å². The van der Waals surface area contributed by atoms with Gasteiger partial charge < -0.3 is 5.32 Å². The van der Waals surface area contributed by atoms with E-state index >= 15 is 0 Å². The van der Waals surface area contributed by atoms with Gasteiger partial charge in [-0.15, -0.1) is 11.3 Å². The fourth-order valence-electron chi connectivity index (χ4n) is 1.43. The first-order valence-corrected chi connectivity index (χ1v) is 5.94. The van der Waals surface area contributed by atoms with Crippen molar-refractivity contribution in [3.63, 3.8) is 0 Å². The number of aldehydes is 1. The van der Waals surface area contributed by atoms with Gasteiger partial charge in [0.25, 0.3) is 5.69 Å². The highest BCUT2D eigenvalue weighted by Gasteiger charge is 2.14. The molecule has 92 valence electrons. The van der Waals surface area contributed by atoms with Crippen molar-refractivity contribution in [3.8, 4) is 0 Å². The molecule has 0 saturated carbocycles. The molecular weight excluding hydrogens is 254 g/mol. The minimum atomic E-state index is -0.517. The summed E-state index contributed by atoms with van der Waals surface area (Å²) in [7, 11) is 0. The fourth-order valence-corrected chi connectivity index (χ4v) is 1.99. The van der Waals surface area contributed by atoms with E-state index in [1.54, 1.807) is 6.20 Å². The largest absolute Gasteiger partial charge is 0.373 e. The van der Waals surface area contributed by atoms with Crippen molar-refractivity contribution in [1.29, 1.82) is 0 Å². The lowest BCUT2D eigenvalue weighted by molar-refractivity contribution is -0.384. The number of nitrogens with one attached hydrogen (secondary N) is 1. The summed E-state index contributed by atoms with van der Waals surface area (Å²) in [5.74, 6) is 0. The number of hydrogen-bond donors (Lipinski definition) is 1. The highest BCUT2D eigenvalue weighted by Crippen LogP contribution is 2.25. The SMILES string of the molecule is O=Cc1ccc(NCc2nccs2)c([N+](=O)[O-])c1. The summed E-state index contributed by atoms with van der Waals surface area (Å²) in [5.41, 5.74) is 0.540. The Morgan fingerprint density at radius 1 is 1.50 bits per heavy atom. The lowest BCUT2D eigenvalue weighted by Gasteiger charge is -2.05. The number of anilines is 1. The molecule has 0 radical (unpaired) electrons. The first-order chi connectivity index (χ1) is 8.70. The molecule has 6 nitrogen and oxygen atoms in total. The van der Waals surface area contributed by atoms with Gasteiger partial charge >= 0.3 is 0 Å². The fraction of sp³-hybridized carbons (Fsp3) is 0.0909. The predicted octanol–water partition coefficient (Wildman–Crippen LogP) is 2.48. The molecule has 0 saturated heterocycles. The van der Waals surface area contributed by atoms with E-state index in [2.05, 4.69) is 10.3 Å².